The number of rotatable bonds is 5. The van der Waals surface area contributed by atoms with Gasteiger partial charge in [-0.15, -0.1) is 0 Å². The highest BCUT2D eigenvalue weighted by Gasteiger charge is 2.63. The lowest BCUT2D eigenvalue weighted by Crippen LogP contribution is -2.44. The first-order chi connectivity index (χ1) is 14.1. The second-order valence-corrected chi connectivity index (χ2v) is 9.60. The molecule has 6 heteroatoms. The molecule has 0 radical (unpaired) electrons. The van der Waals surface area contributed by atoms with Gasteiger partial charge in [-0.3, -0.25) is 9.69 Å². The number of ether oxygens (including phenoxy) is 1. The van der Waals surface area contributed by atoms with Crippen molar-refractivity contribution in [2.75, 3.05) is 44.2 Å². The van der Waals surface area contributed by atoms with Gasteiger partial charge in [-0.05, 0) is 63.4 Å². The van der Waals surface area contributed by atoms with Gasteiger partial charge in [-0.1, -0.05) is 12.8 Å². The van der Waals surface area contributed by atoms with Crippen molar-refractivity contribution in [3.8, 4) is 0 Å². The molecule has 0 aromatic carbocycles. The maximum atomic E-state index is 12.6. The predicted octanol–water partition coefficient (Wildman–Crippen LogP) is 2.37. The summed E-state index contributed by atoms with van der Waals surface area (Å²) in [5.41, 5.74) is 1.21. The number of hydrogen-bond donors (Lipinski definition) is 1. The van der Waals surface area contributed by atoms with Crippen LogP contribution in [-0.4, -0.2) is 66.8 Å². The summed E-state index contributed by atoms with van der Waals surface area (Å²) in [6, 6.07) is 4.21. The molecule has 2 bridgehead atoms. The average molecular weight is 399 g/mol. The first kappa shape index (κ1) is 19.3. The first-order valence-corrected chi connectivity index (χ1v) is 11.5. The molecule has 1 spiro atoms. The zero-order chi connectivity index (χ0) is 19.8. The fraction of sp³-hybridized carbons (Fsp3) is 0.739. The molecule has 4 aliphatic heterocycles. The third-order valence-corrected chi connectivity index (χ3v) is 7.61. The minimum atomic E-state index is -0.0315. The third-order valence-electron chi connectivity index (χ3n) is 7.61. The number of aromatic nitrogens is 1. The number of anilines is 1. The molecule has 4 atom stereocenters. The van der Waals surface area contributed by atoms with E-state index in [-0.39, 0.29) is 11.5 Å². The average Bonchev–Trinajstić information content (AvgIpc) is 3.30. The number of aryl methyl sites for hydroxylation is 1. The zero-order valence-corrected chi connectivity index (χ0v) is 17.6. The smallest absolute Gasteiger partial charge is 0.234 e. The molecule has 5 rings (SSSR count). The van der Waals surface area contributed by atoms with Crippen molar-refractivity contribution in [1.82, 2.24) is 15.2 Å². The second kappa shape index (κ2) is 7.88. The SMILES string of the molecule is Cc1ccnc(N2C[C@@H]3[C@H](CNC(=O)CN4CCCCCC4)[C@H]4CC[C@]3(C2)O4)c1. The van der Waals surface area contributed by atoms with Crippen molar-refractivity contribution in [3.63, 3.8) is 0 Å². The predicted molar refractivity (Wildman–Crippen MR) is 113 cm³/mol. The van der Waals surface area contributed by atoms with Gasteiger partial charge in [-0.25, -0.2) is 4.98 Å². The van der Waals surface area contributed by atoms with Gasteiger partial charge >= 0.3 is 0 Å². The number of nitrogens with zero attached hydrogens (tertiary/aromatic N) is 3. The minimum Gasteiger partial charge on any atom is -0.369 e. The van der Waals surface area contributed by atoms with E-state index < -0.39 is 0 Å². The van der Waals surface area contributed by atoms with Crippen LogP contribution in [0.1, 0.15) is 44.1 Å². The van der Waals surface area contributed by atoms with Crippen molar-refractivity contribution < 1.29 is 9.53 Å². The van der Waals surface area contributed by atoms with Gasteiger partial charge in [0.15, 0.2) is 0 Å². The minimum absolute atomic E-state index is 0.0315. The molecule has 1 aromatic heterocycles. The quantitative estimate of drug-likeness (QED) is 0.825. The number of fused-ring (bicyclic) bond motifs is 1. The summed E-state index contributed by atoms with van der Waals surface area (Å²) in [5, 5.41) is 3.26. The van der Waals surface area contributed by atoms with Crippen LogP contribution < -0.4 is 10.2 Å². The van der Waals surface area contributed by atoms with E-state index in [0.717, 1.165) is 51.4 Å². The van der Waals surface area contributed by atoms with Crippen LogP contribution in [0.5, 0.6) is 0 Å². The molecular formula is C23H34N4O2. The fourth-order valence-corrected chi connectivity index (χ4v) is 6.12. The summed E-state index contributed by atoms with van der Waals surface area (Å²) in [4.78, 5) is 21.9. The van der Waals surface area contributed by atoms with Gasteiger partial charge in [0, 0.05) is 37.7 Å². The molecule has 4 saturated heterocycles. The maximum Gasteiger partial charge on any atom is 0.234 e. The van der Waals surface area contributed by atoms with Crippen LogP contribution in [0.25, 0.3) is 0 Å². The topological polar surface area (TPSA) is 57.7 Å². The monoisotopic (exact) mass is 398 g/mol. The maximum absolute atomic E-state index is 12.6. The Morgan fingerprint density at radius 1 is 1.31 bits per heavy atom. The van der Waals surface area contributed by atoms with Crippen molar-refractivity contribution in [3.05, 3.63) is 23.9 Å². The Morgan fingerprint density at radius 3 is 2.93 bits per heavy atom. The molecule has 0 unspecified atom stereocenters. The molecule has 1 N–H and O–H groups in total. The summed E-state index contributed by atoms with van der Waals surface area (Å²) < 4.78 is 6.55. The lowest BCUT2D eigenvalue weighted by Gasteiger charge is -2.29. The first-order valence-electron chi connectivity index (χ1n) is 11.5. The van der Waals surface area contributed by atoms with Gasteiger partial charge < -0.3 is 15.0 Å². The lowest BCUT2D eigenvalue weighted by molar-refractivity contribution is -0.122. The number of hydrogen-bond acceptors (Lipinski definition) is 5. The van der Waals surface area contributed by atoms with E-state index in [9.17, 15) is 4.79 Å². The van der Waals surface area contributed by atoms with Crippen LogP contribution in [0.2, 0.25) is 0 Å². The Bertz CT molecular complexity index is 748. The molecule has 0 saturated carbocycles. The molecular weight excluding hydrogens is 364 g/mol. The standard InChI is InChI=1S/C23H34N4O2/c1-17-7-9-24-21(12-17)27-14-19-18(20-6-8-23(19,16-27)29-20)13-25-22(28)15-26-10-4-2-3-5-11-26/h7,9,12,18-20H,2-6,8,10-11,13-16H2,1H3,(H,25,28)/t18-,19+,20+,23+/m0/s1. The highest BCUT2D eigenvalue weighted by molar-refractivity contribution is 5.78. The Hall–Kier alpha value is -1.66. The third kappa shape index (κ3) is 3.77. The van der Waals surface area contributed by atoms with Crippen molar-refractivity contribution >= 4 is 11.7 Å². The molecule has 6 nitrogen and oxygen atoms in total. The number of nitrogens with one attached hydrogen (secondary N) is 1. The summed E-state index contributed by atoms with van der Waals surface area (Å²) in [7, 11) is 0. The molecule has 0 aliphatic carbocycles. The van der Waals surface area contributed by atoms with Gasteiger partial charge in [0.2, 0.25) is 5.91 Å². The highest BCUT2D eigenvalue weighted by Crippen LogP contribution is 2.55. The van der Waals surface area contributed by atoms with E-state index in [1.165, 1.54) is 31.2 Å². The van der Waals surface area contributed by atoms with Crippen LogP contribution in [0.4, 0.5) is 5.82 Å². The molecule has 29 heavy (non-hydrogen) atoms. The number of pyridine rings is 1. The van der Waals surface area contributed by atoms with E-state index in [0.29, 0.717) is 24.5 Å². The van der Waals surface area contributed by atoms with Gasteiger partial charge in [-0.2, -0.15) is 0 Å². The van der Waals surface area contributed by atoms with Crippen LogP contribution in [-0.2, 0) is 9.53 Å². The van der Waals surface area contributed by atoms with Crippen LogP contribution in [0, 0.1) is 18.8 Å². The number of carbonyl (C=O) groups is 1. The summed E-state index contributed by atoms with van der Waals surface area (Å²) in [5.74, 6) is 2.15. The summed E-state index contributed by atoms with van der Waals surface area (Å²) in [6.07, 6.45) is 9.52. The van der Waals surface area contributed by atoms with Crippen molar-refractivity contribution in [1.29, 1.82) is 0 Å². The van der Waals surface area contributed by atoms with Crippen LogP contribution in [0.3, 0.4) is 0 Å². The van der Waals surface area contributed by atoms with Crippen LogP contribution in [0.15, 0.2) is 18.3 Å². The largest absolute Gasteiger partial charge is 0.369 e. The van der Waals surface area contributed by atoms with Gasteiger partial charge in [0.1, 0.15) is 5.82 Å². The number of amides is 1. The fourth-order valence-electron chi connectivity index (χ4n) is 6.12. The molecule has 4 fully saturated rings. The van der Waals surface area contributed by atoms with E-state index >= 15 is 0 Å². The molecule has 4 aliphatic rings. The zero-order valence-electron chi connectivity index (χ0n) is 17.6. The molecule has 158 valence electrons. The van der Waals surface area contributed by atoms with E-state index in [1.54, 1.807) is 0 Å². The Morgan fingerprint density at radius 2 is 2.14 bits per heavy atom. The lowest BCUT2D eigenvalue weighted by atomic mass is 9.73. The number of carbonyl (C=O) groups excluding carboxylic acids is 1. The second-order valence-electron chi connectivity index (χ2n) is 9.60. The highest BCUT2D eigenvalue weighted by atomic mass is 16.5. The Kier molecular flexibility index (Phi) is 5.25. The van der Waals surface area contributed by atoms with Gasteiger partial charge in [0.25, 0.3) is 0 Å². The number of likely N-dealkylation sites (tertiary alicyclic amines) is 1. The Labute approximate surface area is 174 Å². The van der Waals surface area contributed by atoms with Crippen molar-refractivity contribution in [2.24, 2.45) is 11.8 Å². The molecule has 1 aromatic rings. The van der Waals surface area contributed by atoms with Crippen molar-refractivity contribution in [2.45, 2.75) is 57.2 Å². The normalized spacial score (nSPS) is 34.2. The summed E-state index contributed by atoms with van der Waals surface area (Å²) in [6.45, 7) is 7.46. The van der Waals surface area contributed by atoms with Gasteiger partial charge in [0.05, 0.1) is 18.2 Å². The van der Waals surface area contributed by atoms with E-state index in [2.05, 4.69) is 33.1 Å². The summed E-state index contributed by atoms with van der Waals surface area (Å²) >= 11 is 0. The van der Waals surface area contributed by atoms with E-state index in [1.807, 2.05) is 12.3 Å². The Balaban J connectivity index is 1.20. The molecule has 1 amide bonds. The van der Waals surface area contributed by atoms with E-state index in [4.69, 9.17) is 4.74 Å². The van der Waals surface area contributed by atoms with Crippen LogP contribution >= 0.6 is 0 Å². The molecule has 5 heterocycles.